The molecule has 5 heavy (non-hydrogen) atoms. The van der Waals surface area contributed by atoms with Gasteiger partial charge in [-0.2, -0.15) is 5.26 Å². The molecule has 0 aromatic heterocycles. The number of nitriles is 1. The molecule has 0 aliphatic rings. The van der Waals surface area contributed by atoms with Crippen molar-refractivity contribution in [2.45, 2.75) is 0 Å². The van der Waals surface area contributed by atoms with Crippen LogP contribution in [0.1, 0.15) is 0 Å². The van der Waals surface area contributed by atoms with Gasteiger partial charge in [-0.15, -0.1) is 0 Å². The van der Waals surface area contributed by atoms with Gasteiger partial charge >= 0.3 is 0 Å². The van der Waals surface area contributed by atoms with Crippen LogP contribution in [0.25, 0.3) is 0 Å². The first-order chi connectivity index (χ1) is 1.41. The van der Waals surface area contributed by atoms with Crippen LogP contribution in [0.3, 0.4) is 0 Å². The zero-order valence-corrected chi connectivity index (χ0v) is 7.36. The fraction of sp³-hybridized carbons (Fsp3) is 0. The first-order valence-electron chi connectivity index (χ1n) is 0.512. The minimum atomic E-state index is 0. The molecule has 0 rings (SSSR count). The van der Waals surface area contributed by atoms with E-state index in [9.17, 15) is 0 Å². The first-order valence-corrected chi connectivity index (χ1v) is 0.512. The molecule has 20 valence electrons. The quantitative estimate of drug-likeness (QED) is 0.246. The molecule has 0 aliphatic carbocycles. The summed E-state index contributed by atoms with van der Waals surface area (Å²) >= 11 is 0. The molecule has 0 spiro atoms. The van der Waals surface area contributed by atoms with E-state index in [1.807, 2.05) is 0 Å². The van der Waals surface area contributed by atoms with E-state index in [4.69, 9.17) is 5.26 Å². The van der Waals surface area contributed by atoms with Gasteiger partial charge in [0.25, 0.3) is 0 Å². The van der Waals surface area contributed by atoms with E-state index < -0.39 is 0 Å². The summed E-state index contributed by atoms with van der Waals surface area (Å²) in [5.74, 6) is 0. The Balaban J connectivity index is -0.0000000200. The molecule has 2 N–H and O–H groups in total. The largest absolute Gasteiger partial charge is 0.337 e. The van der Waals surface area contributed by atoms with Crippen molar-refractivity contribution in [3.63, 3.8) is 0 Å². The van der Waals surface area contributed by atoms with E-state index in [1.165, 1.54) is 6.19 Å². The van der Waals surface area contributed by atoms with Gasteiger partial charge in [-0.1, -0.05) is 0 Å². The standard InChI is InChI=1S/CH2N2.2Ca/c2-1-3;;/h2H2;;. The van der Waals surface area contributed by atoms with Crippen LogP contribution >= 0.6 is 0 Å². The van der Waals surface area contributed by atoms with Gasteiger partial charge in [0.1, 0.15) is 0 Å². The average molecular weight is 122 g/mol. The predicted octanol–water partition coefficient (Wildman–Crippen LogP) is -1.34. The van der Waals surface area contributed by atoms with Crippen LogP contribution in [0.4, 0.5) is 0 Å². The Morgan fingerprint density at radius 1 is 1.40 bits per heavy atom. The zero-order valence-electron chi connectivity index (χ0n) is 2.94. The smallest absolute Gasteiger partial charge is 0.173 e. The summed E-state index contributed by atoms with van der Waals surface area (Å²) in [6, 6.07) is 0. The van der Waals surface area contributed by atoms with Crippen LogP contribution in [0.5, 0.6) is 0 Å². The van der Waals surface area contributed by atoms with Crippen molar-refractivity contribution in [2.24, 2.45) is 5.73 Å². The van der Waals surface area contributed by atoms with Crippen LogP contribution in [-0.4, -0.2) is 75.5 Å². The van der Waals surface area contributed by atoms with E-state index in [0.717, 1.165) is 0 Å². The normalized spacial score (nSPS) is 1.40. The molecule has 4 radical (unpaired) electrons. The maximum absolute atomic E-state index is 7.10. The van der Waals surface area contributed by atoms with E-state index >= 15 is 0 Å². The minimum Gasteiger partial charge on any atom is -0.337 e. The molecule has 0 saturated carbocycles. The molecule has 4 heteroatoms. The molecule has 0 aliphatic heterocycles. The van der Waals surface area contributed by atoms with Gasteiger partial charge in [0.15, 0.2) is 6.19 Å². The van der Waals surface area contributed by atoms with Crippen molar-refractivity contribution >= 4 is 75.5 Å². The summed E-state index contributed by atoms with van der Waals surface area (Å²) in [6.45, 7) is 0. The number of nitrogens with two attached hydrogens (primary N) is 1. The molecule has 0 bridgehead atoms. The summed E-state index contributed by atoms with van der Waals surface area (Å²) in [6.07, 6.45) is 1.25. The number of hydrogen-bond acceptors (Lipinski definition) is 2. The van der Waals surface area contributed by atoms with E-state index in [0.29, 0.717) is 0 Å². The van der Waals surface area contributed by atoms with Crippen molar-refractivity contribution in [3.05, 3.63) is 0 Å². The summed E-state index contributed by atoms with van der Waals surface area (Å²) in [4.78, 5) is 0. The van der Waals surface area contributed by atoms with Gasteiger partial charge in [-0.3, -0.25) is 0 Å². The van der Waals surface area contributed by atoms with E-state index in [1.54, 1.807) is 0 Å². The second-order valence-electron chi connectivity index (χ2n) is 0.129. The van der Waals surface area contributed by atoms with Gasteiger partial charge < -0.3 is 5.73 Å². The summed E-state index contributed by atoms with van der Waals surface area (Å²) < 4.78 is 0. The van der Waals surface area contributed by atoms with Gasteiger partial charge in [0, 0.05) is 75.5 Å². The zero-order chi connectivity index (χ0) is 2.71. The minimum absolute atomic E-state index is 0. The number of rotatable bonds is 0. The third-order valence-corrected chi connectivity index (χ3v) is 0. The molecule has 0 fully saturated rings. The van der Waals surface area contributed by atoms with Crippen LogP contribution in [-0.2, 0) is 0 Å². The summed E-state index contributed by atoms with van der Waals surface area (Å²) in [7, 11) is 0. The fourth-order valence-electron chi connectivity index (χ4n) is 0. The summed E-state index contributed by atoms with van der Waals surface area (Å²) in [5, 5.41) is 7.10. The van der Waals surface area contributed by atoms with E-state index in [-0.39, 0.29) is 75.5 Å². The van der Waals surface area contributed by atoms with Crippen LogP contribution < -0.4 is 5.73 Å². The average Bonchev–Trinajstić information content (AvgIpc) is 0.918. The van der Waals surface area contributed by atoms with Crippen molar-refractivity contribution in [1.29, 1.82) is 5.26 Å². The number of hydrogen-bond donors (Lipinski definition) is 1. The monoisotopic (exact) mass is 122 g/mol. The Labute approximate surface area is 90.7 Å². The fourth-order valence-corrected chi connectivity index (χ4v) is 0. The number of nitrogens with zero attached hydrogens (tertiary/aromatic N) is 1. The summed E-state index contributed by atoms with van der Waals surface area (Å²) in [5.41, 5.74) is 4.15. The molecule has 0 aromatic carbocycles. The Morgan fingerprint density at radius 3 is 1.40 bits per heavy atom. The van der Waals surface area contributed by atoms with Crippen molar-refractivity contribution in [1.82, 2.24) is 0 Å². The Kier molecular flexibility index (Phi) is 53.9. The third-order valence-electron chi connectivity index (χ3n) is 0. The predicted molar refractivity (Wildman–Crippen MR) is 21.3 cm³/mol. The first kappa shape index (κ1) is 15.8. The molecular weight excluding hydrogens is 120 g/mol. The molecule has 2 nitrogen and oxygen atoms in total. The van der Waals surface area contributed by atoms with Crippen molar-refractivity contribution in [3.8, 4) is 6.19 Å². The Morgan fingerprint density at radius 2 is 1.40 bits per heavy atom. The van der Waals surface area contributed by atoms with Crippen molar-refractivity contribution < 1.29 is 0 Å². The molecule has 0 aromatic rings. The second-order valence-corrected chi connectivity index (χ2v) is 0.129. The molecule has 0 atom stereocenters. The SMILES string of the molecule is N#CN.[Ca].[Ca]. The van der Waals surface area contributed by atoms with E-state index in [2.05, 4.69) is 5.73 Å². The van der Waals surface area contributed by atoms with Crippen LogP contribution in [0, 0.1) is 11.5 Å². The molecular formula is CH2Ca2N2. The van der Waals surface area contributed by atoms with Gasteiger partial charge in [-0.05, 0) is 0 Å². The molecule has 0 amide bonds. The topological polar surface area (TPSA) is 49.8 Å². The van der Waals surface area contributed by atoms with Gasteiger partial charge in [-0.25, -0.2) is 0 Å². The van der Waals surface area contributed by atoms with Gasteiger partial charge in [0.05, 0.1) is 0 Å². The molecule has 0 heterocycles. The Hall–Kier alpha value is 1.81. The third kappa shape index (κ3) is 25.7. The Bertz CT molecular complexity index is 29.1. The van der Waals surface area contributed by atoms with Crippen molar-refractivity contribution in [2.75, 3.05) is 0 Å². The molecule has 0 unspecified atom stereocenters. The second kappa shape index (κ2) is 17.0. The van der Waals surface area contributed by atoms with Crippen LogP contribution in [0.2, 0.25) is 0 Å². The van der Waals surface area contributed by atoms with Crippen LogP contribution in [0.15, 0.2) is 0 Å². The molecule has 0 saturated heterocycles. The maximum atomic E-state index is 7.10. The maximum Gasteiger partial charge on any atom is 0.173 e. The van der Waals surface area contributed by atoms with Gasteiger partial charge in [0.2, 0.25) is 0 Å².